The maximum atomic E-state index is 12.4. The number of hydrogen-bond acceptors (Lipinski definition) is 7. The van der Waals surface area contributed by atoms with Crippen molar-refractivity contribution in [2.24, 2.45) is 0 Å². The monoisotopic (exact) mass is 381 g/mol. The van der Waals surface area contributed by atoms with Crippen molar-refractivity contribution in [3.63, 3.8) is 0 Å². The van der Waals surface area contributed by atoms with E-state index in [1.165, 1.54) is 16.4 Å². The van der Waals surface area contributed by atoms with Crippen molar-refractivity contribution in [2.45, 2.75) is 31.8 Å². The molecule has 0 bridgehead atoms. The van der Waals surface area contributed by atoms with Gasteiger partial charge >= 0.3 is 11.7 Å². The predicted octanol–water partition coefficient (Wildman–Crippen LogP) is 0.183. The Balaban J connectivity index is 1.81. The average molecular weight is 381 g/mol. The second kappa shape index (κ2) is 6.44. The van der Waals surface area contributed by atoms with E-state index in [0.717, 1.165) is 11.1 Å². The van der Waals surface area contributed by atoms with E-state index in [9.17, 15) is 29.6 Å². The SMILES string of the molecule is CCn1cc([N+](=O)[O-])c(C(=O)N[C@@H]2C(=O)N3C(C(=O)O)=C(C)CS[C@@H]23)n1. The van der Waals surface area contributed by atoms with Gasteiger partial charge in [0, 0.05) is 12.3 Å². The minimum atomic E-state index is -1.21. The van der Waals surface area contributed by atoms with E-state index in [2.05, 4.69) is 10.4 Å². The molecular weight excluding hydrogens is 366 g/mol. The van der Waals surface area contributed by atoms with Crippen LogP contribution < -0.4 is 5.32 Å². The maximum Gasteiger partial charge on any atom is 0.352 e. The fourth-order valence-corrected chi connectivity index (χ4v) is 4.15. The number of amides is 2. The van der Waals surface area contributed by atoms with Crippen LogP contribution in [0.25, 0.3) is 0 Å². The normalized spacial score (nSPS) is 21.9. The van der Waals surface area contributed by atoms with Gasteiger partial charge in [0.1, 0.15) is 23.3 Å². The molecule has 0 radical (unpaired) electrons. The zero-order valence-corrected chi connectivity index (χ0v) is 14.6. The lowest BCUT2D eigenvalue weighted by atomic mass is 10.0. The van der Waals surface area contributed by atoms with Gasteiger partial charge in [-0.05, 0) is 19.4 Å². The van der Waals surface area contributed by atoms with Crippen molar-refractivity contribution in [1.29, 1.82) is 0 Å². The lowest BCUT2D eigenvalue weighted by Crippen LogP contribution is -2.70. The number of nitrogens with one attached hydrogen (secondary N) is 1. The van der Waals surface area contributed by atoms with Crippen molar-refractivity contribution >= 4 is 35.2 Å². The zero-order valence-electron chi connectivity index (χ0n) is 13.8. The minimum Gasteiger partial charge on any atom is -0.477 e. The Kier molecular flexibility index (Phi) is 4.44. The summed E-state index contributed by atoms with van der Waals surface area (Å²) in [5.41, 5.74) is -0.347. The molecule has 2 atom stereocenters. The van der Waals surface area contributed by atoms with Gasteiger partial charge < -0.3 is 10.4 Å². The number of β-lactam (4-membered cyclic amide) rings is 1. The van der Waals surface area contributed by atoms with Crippen LogP contribution in [0.4, 0.5) is 5.69 Å². The number of carboxylic acid groups (broad SMARTS) is 1. The summed E-state index contributed by atoms with van der Waals surface area (Å²) in [6, 6.07) is -0.957. The third kappa shape index (κ3) is 2.71. The molecule has 0 aliphatic carbocycles. The van der Waals surface area contributed by atoms with Gasteiger partial charge in [-0.2, -0.15) is 5.10 Å². The molecule has 0 spiro atoms. The Morgan fingerprint density at radius 2 is 2.23 bits per heavy atom. The quantitative estimate of drug-likeness (QED) is 0.417. The average Bonchev–Trinajstić information content (AvgIpc) is 3.03. The third-order valence-corrected chi connectivity index (χ3v) is 5.55. The number of rotatable bonds is 5. The number of carboxylic acids is 1. The van der Waals surface area contributed by atoms with Crippen LogP contribution in [-0.2, 0) is 16.1 Å². The highest BCUT2D eigenvalue weighted by Crippen LogP contribution is 2.40. The lowest BCUT2D eigenvalue weighted by Gasteiger charge is -2.49. The van der Waals surface area contributed by atoms with Gasteiger partial charge in [0.25, 0.3) is 11.8 Å². The van der Waals surface area contributed by atoms with Gasteiger partial charge in [0.2, 0.25) is 5.69 Å². The van der Waals surface area contributed by atoms with Gasteiger partial charge in [-0.1, -0.05) is 0 Å². The fourth-order valence-electron chi connectivity index (χ4n) is 2.85. The van der Waals surface area contributed by atoms with Crippen molar-refractivity contribution in [3.05, 3.63) is 33.3 Å². The molecule has 0 saturated carbocycles. The number of aryl methyl sites for hydroxylation is 1. The highest BCUT2D eigenvalue weighted by atomic mass is 32.2. The Labute approximate surface area is 151 Å². The number of nitro groups is 1. The molecular formula is C14H15N5O6S. The summed E-state index contributed by atoms with van der Waals surface area (Å²) in [5, 5.41) is 26.1. The highest BCUT2D eigenvalue weighted by molar-refractivity contribution is 8.00. The lowest BCUT2D eigenvalue weighted by molar-refractivity contribution is -0.385. The smallest absolute Gasteiger partial charge is 0.352 e. The van der Waals surface area contributed by atoms with Crippen LogP contribution in [0.5, 0.6) is 0 Å². The van der Waals surface area contributed by atoms with E-state index in [1.54, 1.807) is 13.8 Å². The van der Waals surface area contributed by atoms with Gasteiger partial charge in [-0.3, -0.25) is 29.3 Å². The molecule has 2 aliphatic heterocycles. The first kappa shape index (κ1) is 17.9. The molecule has 1 saturated heterocycles. The van der Waals surface area contributed by atoms with Gasteiger partial charge in [0.05, 0.1) is 4.92 Å². The van der Waals surface area contributed by atoms with E-state index in [1.807, 2.05) is 0 Å². The van der Waals surface area contributed by atoms with Crippen LogP contribution in [0, 0.1) is 10.1 Å². The molecule has 138 valence electrons. The predicted molar refractivity (Wildman–Crippen MR) is 89.2 cm³/mol. The molecule has 2 amide bonds. The summed E-state index contributed by atoms with van der Waals surface area (Å²) in [6.45, 7) is 3.69. The number of aliphatic carboxylic acids is 1. The van der Waals surface area contributed by atoms with Crippen molar-refractivity contribution in [3.8, 4) is 0 Å². The highest BCUT2D eigenvalue weighted by Gasteiger charge is 2.54. The summed E-state index contributed by atoms with van der Waals surface area (Å²) in [5.74, 6) is -2.20. The first-order chi connectivity index (χ1) is 12.3. The minimum absolute atomic E-state index is 0.0782. The first-order valence-corrected chi connectivity index (χ1v) is 8.71. The molecule has 11 nitrogen and oxygen atoms in total. The molecule has 2 N–H and O–H groups in total. The molecule has 0 aromatic carbocycles. The molecule has 26 heavy (non-hydrogen) atoms. The van der Waals surface area contributed by atoms with Crippen LogP contribution in [0.1, 0.15) is 24.3 Å². The fraction of sp³-hybridized carbons (Fsp3) is 0.429. The summed E-state index contributed by atoms with van der Waals surface area (Å²) >= 11 is 1.32. The Hall–Kier alpha value is -2.89. The summed E-state index contributed by atoms with van der Waals surface area (Å²) in [7, 11) is 0. The first-order valence-electron chi connectivity index (χ1n) is 7.66. The molecule has 1 aromatic rings. The van der Waals surface area contributed by atoms with E-state index in [0.29, 0.717) is 17.9 Å². The standard InChI is InChI=1S/C14H15N5O6S/c1-3-17-4-7(19(24)25)8(16-17)11(20)15-9-12(21)18-10(14(22)23)6(2)5-26-13(9)18/h4,9,13H,3,5H2,1-2H3,(H,15,20)(H,22,23)/t9-,13+/m1/s1. The molecule has 1 aromatic heterocycles. The van der Waals surface area contributed by atoms with Crippen molar-refractivity contribution in [2.75, 3.05) is 5.75 Å². The number of thioether (sulfide) groups is 1. The van der Waals surface area contributed by atoms with Gasteiger partial charge in [-0.25, -0.2) is 4.79 Å². The van der Waals surface area contributed by atoms with Gasteiger partial charge in [-0.15, -0.1) is 11.8 Å². The number of carbonyl (C=O) groups is 3. The molecule has 1 fully saturated rings. The summed E-state index contributed by atoms with van der Waals surface area (Å²) in [4.78, 5) is 47.6. The van der Waals surface area contributed by atoms with Crippen molar-refractivity contribution < 1.29 is 24.4 Å². The molecule has 3 rings (SSSR count). The largest absolute Gasteiger partial charge is 0.477 e. The molecule has 0 unspecified atom stereocenters. The second-order valence-electron chi connectivity index (χ2n) is 5.77. The van der Waals surface area contributed by atoms with Crippen LogP contribution >= 0.6 is 11.8 Å². The Morgan fingerprint density at radius 1 is 1.54 bits per heavy atom. The number of fused-ring (bicyclic) bond motifs is 1. The maximum absolute atomic E-state index is 12.4. The summed E-state index contributed by atoms with van der Waals surface area (Å²) in [6.07, 6.45) is 1.15. The van der Waals surface area contributed by atoms with Crippen LogP contribution in [0.3, 0.4) is 0 Å². The zero-order chi connectivity index (χ0) is 19.2. The van der Waals surface area contributed by atoms with Crippen LogP contribution in [0.2, 0.25) is 0 Å². The molecule has 12 heteroatoms. The van der Waals surface area contributed by atoms with E-state index >= 15 is 0 Å². The third-order valence-electron chi connectivity index (χ3n) is 4.13. The van der Waals surface area contributed by atoms with Gasteiger partial charge in [0.15, 0.2) is 0 Å². The topological polar surface area (TPSA) is 148 Å². The second-order valence-corrected chi connectivity index (χ2v) is 6.88. The van der Waals surface area contributed by atoms with Crippen LogP contribution in [-0.4, -0.2) is 59.7 Å². The van der Waals surface area contributed by atoms with Crippen molar-refractivity contribution in [1.82, 2.24) is 20.0 Å². The molecule has 3 heterocycles. The van der Waals surface area contributed by atoms with E-state index in [-0.39, 0.29) is 11.4 Å². The molecule has 2 aliphatic rings. The number of carbonyl (C=O) groups excluding carboxylic acids is 2. The number of aromatic nitrogens is 2. The Bertz CT molecular complexity index is 862. The van der Waals surface area contributed by atoms with Crippen LogP contribution in [0.15, 0.2) is 17.5 Å². The summed E-state index contributed by atoms with van der Waals surface area (Å²) < 4.78 is 1.26. The Morgan fingerprint density at radius 3 is 2.81 bits per heavy atom. The number of hydrogen-bond donors (Lipinski definition) is 2. The number of nitrogens with zero attached hydrogens (tertiary/aromatic N) is 4. The van der Waals surface area contributed by atoms with E-state index in [4.69, 9.17) is 0 Å². The van der Waals surface area contributed by atoms with E-state index < -0.39 is 39.8 Å².